The highest BCUT2D eigenvalue weighted by Gasteiger charge is 2.22. The first-order valence-electron chi connectivity index (χ1n) is 5.78. The summed E-state index contributed by atoms with van der Waals surface area (Å²) in [5, 5.41) is 11.3. The van der Waals surface area contributed by atoms with E-state index in [1.807, 2.05) is 0 Å². The van der Waals surface area contributed by atoms with Gasteiger partial charge in [-0.05, 0) is 31.5 Å². The van der Waals surface area contributed by atoms with E-state index in [1.54, 1.807) is 12.3 Å². The quantitative estimate of drug-likeness (QED) is 0.937. The van der Waals surface area contributed by atoms with Crippen molar-refractivity contribution in [3.8, 4) is 0 Å². The van der Waals surface area contributed by atoms with E-state index in [-0.39, 0.29) is 21.8 Å². The van der Waals surface area contributed by atoms with E-state index in [4.69, 9.17) is 5.11 Å². The van der Waals surface area contributed by atoms with Crippen LogP contribution in [-0.2, 0) is 15.6 Å². The molecule has 0 bridgehead atoms. The van der Waals surface area contributed by atoms with Crippen LogP contribution in [0, 0.1) is 13.8 Å². The minimum atomic E-state index is -3.60. The molecule has 2 aromatic rings. The zero-order chi connectivity index (χ0) is 14.9. The van der Waals surface area contributed by atoms with Gasteiger partial charge < -0.3 is 5.11 Å². The number of aryl methyl sites for hydroxylation is 1. The van der Waals surface area contributed by atoms with E-state index in [9.17, 15) is 13.2 Å². The molecule has 1 aromatic heterocycles. The molecule has 106 valence electrons. The first-order chi connectivity index (χ1) is 9.31. The second-order valence-corrected chi connectivity index (χ2v) is 7.28. The topological polar surface area (TPSA) is 84.3 Å². The molecule has 5 nitrogen and oxygen atoms in total. The highest BCUT2D eigenvalue weighted by atomic mass is 32.2. The number of nitrogens with zero attached hydrogens (tertiary/aromatic N) is 1. The SMILES string of the molecule is Cc1csc(CS(=O)(=O)c2cccc(C(=O)O)c2C)n1. The van der Waals surface area contributed by atoms with E-state index in [0.29, 0.717) is 5.01 Å². The maximum atomic E-state index is 12.4. The molecular weight excluding hydrogens is 298 g/mol. The maximum absolute atomic E-state index is 12.4. The van der Waals surface area contributed by atoms with Crippen LogP contribution in [0.25, 0.3) is 0 Å². The Kier molecular flexibility index (Phi) is 3.92. The Hall–Kier alpha value is -1.73. The number of rotatable bonds is 4. The van der Waals surface area contributed by atoms with Crippen LogP contribution in [0.1, 0.15) is 26.6 Å². The zero-order valence-corrected chi connectivity index (χ0v) is 12.6. The molecule has 7 heteroatoms. The van der Waals surface area contributed by atoms with Gasteiger partial charge >= 0.3 is 5.97 Å². The number of sulfone groups is 1. The van der Waals surface area contributed by atoms with Crippen LogP contribution in [0.4, 0.5) is 0 Å². The highest BCUT2D eigenvalue weighted by Crippen LogP contribution is 2.24. The second kappa shape index (κ2) is 5.34. The van der Waals surface area contributed by atoms with E-state index < -0.39 is 15.8 Å². The number of carboxylic acid groups (broad SMARTS) is 1. The molecular formula is C13H13NO4S2. The first-order valence-corrected chi connectivity index (χ1v) is 8.31. The van der Waals surface area contributed by atoms with Crippen LogP contribution in [0.2, 0.25) is 0 Å². The summed E-state index contributed by atoms with van der Waals surface area (Å²) in [5.41, 5.74) is 1.03. The second-order valence-electron chi connectivity index (χ2n) is 4.38. The van der Waals surface area contributed by atoms with Crippen molar-refractivity contribution in [2.45, 2.75) is 24.5 Å². The van der Waals surface area contributed by atoms with Crippen LogP contribution < -0.4 is 0 Å². The number of benzene rings is 1. The van der Waals surface area contributed by atoms with Crippen molar-refractivity contribution in [2.75, 3.05) is 0 Å². The number of hydrogen-bond acceptors (Lipinski definition) is 5. The van der Waals surface area contributed by atoms with Crippen LogP contribution >= 0.6 is 11.3 Å². The van der Waals surface area contributed by atoms with Gasteiger partial charge in [0.15, 0.2) is 9.84 Å². The Labute approximate surface area is 120 Å². The minimum Gasteiger partial charge on any atom is -0.478 e. The Morgan fingerprint density at radius 3 is 2.60 bits per heavy atom. The Morgan fingerprint density at radius 2 is 2.05 bits per heavy atom. The zero-order valence-electron chi connectivity index (χ0n) is 11.0. The molecule has 0 saturated carbocycles. The fourth-order valence-electron chi connectivity index (χ4n) is 1.89. The molecule has 1 aromatic carbocycles. The smallest absolute Gasteiger partial charge is 0.335 e. The van der Waals surface area contributed by atoms with Gasteiger partial charge in [0.05, 0.1) is 10.5 Å². The van der Waals surface area contributed by atoms with Crippen molar-refractivity contribution in [3.63, 3.8) is 0 Å². The molecule has 0 unspecified atom stereocenters. The summed E-state index contributed by atoms with van der Waals surface area (Å²) in [6, 6.07) is 4.26. The standard InChI is InChI=1S/C13H13NO4S2/c1-8-6-19-12(14-8)7-20(17,18)11-5-3-4-10(9(11)2)13(15)16/h3-6H,7H2,1-2H3,(H,15,16). The Morgan fingerprint density at radius 1 is 1.35 bits per heavy atom. The van der Waals surface area contributed by atoms with Crippen LogP contribution in [0.3, 0.4) is 0 Å². The Balaban J connectivity index is 2.44. The summed E-state index contributed by atoms with van der Waals surface area (Å²) in [6.45, 7) is 3.30. The van der Waals surface area contributed by atoms with Crippen LogP contribution in [-0.4, -0.2) is 24.5 Å². The van der Waals surface area contributed by atoms with Gasteiger partial charge in [0, 0.05) is 11.1 Å². The van der Waals surface area contributed by atoms with Gasteiger partial charge in [-0.1, -0.05) is 6.07 Å². The van der Waals surface area contributed by atoms with Crippen LogP contribution in [0.15, 0.2) is 28.5 Å². The molecule has 1 N–H and O–H groups in total. The lowest BCUT2D eigenvalue weighted by molar-refractivity contribution is 0.0696. The molecule has 0 spiro atoms. The summed E-state index contributed by atoms with van der Waals surface area (Å²) in [6.07, 6.45) is 0. The molecule has 0 radical (unpaired) electrons. The third-order valence-corrected chi connectivity index (χ3v) is 5.74. The molecule has 1 heterocycles. The lowest BCUT2D eigenvalue weighted by Crippen LogP contribution is -2.10. The van der Waals surface area contributed by atoms with Crippen molar-refractivity contribution < 1.29 is 18.3 Å². The molecule has 0 aliphatic rings. The van der Waals surface area contributed by atoms with Gasteiger partial charge in [-0.25, -0.2) is 18.2 Å². The number of aromatic nitrogens is 1. The third kappa shape index (κ3) is 2.88. The van der Waals surface area contributed by atoms with Crippen molar-refractivity contribution in [1.29, 1.82) is 0 Å². The lowest BCUT2D eigenvalue weighted by Gasteiger charge is -2.08. The summed E-state index contributed by atoms with van der Waals surface area (Å²) >= 11 is 1.28. The normalized spacial score (nSPS) is 11.5. The summed E-state index contributed by atoms with van der Waals surface area (Å²) in [7, 11) is -3.60. The monoisotopic (exact) mass is 311 g/mol. The highest BCUT2D eigenvalue weighted by molar-refractivity contribution is 7.90. The van der Waals surface area contributed by atoms with Gasteiger partial charge in [0.25, 0.3) is 0 Å². The minimum absolute atomic E-state index is 0.00129. The number of carbonyl (C=O) groups is 1. The van der Waals surface area contributed by atoms with Crippen molar-refractivity contribution in [3.05, 3.63) is 45.4 Å². The van der Waals surface area contributed by atoms with Gasteiger partial charge in [0.2, 0.25) is 0 Å². The van der Waals surface area contributed by atoms with E-state index in [0.717, 1.165) is 5.69 Å². The molecule has 0 aliphatic heterocycles. The van der Waals surface area contributed by atoms with Gasteiger partial charge in [-0.15, -0.1) is 11.3 Å². The Bertz CT molecular complexity index is 762. The molecule has 0 saturated heterocycles. The summed E-state index contributed by atoms with van der Waals surface area (Å²) in [4.78, 5) is 15.2. The average molecular weight is 311 g/mol. The number of aromatic carboxylic acids is 1. The van der Waals surface area contributed by atoms with Gasteiger partial charge in [-0.3, -0.25) is 0 Å². The fraction of sp³-hybridized carbons (Fsp3) is 0.231. The average Bonchev–Trinajstić information content (AvgIpc) is 2.73. The number of hydrogen-bond donors (Lipinski definition) is 1. The van der Waals surface area contributed by atoms with Crippen LogP contribution in [0.5, 0.6) is 0 Å². The predicted molar refractivity (Wildman–Crippen MR) is 75.9 cm³/mol. The number of carboxylic acids is 1. The van der Waals surface area contributed by atoms with Gasteiger partial charge in [-0.2, -0.15) is 0 Å². The van der Waals surface area contributed by atoms with Crippen molar-refractivity contribution >= 4 is 27.1 Å². The van der Waals surface area contributed by atoms with E-state index in [2.05, 4.69) is 4.98 Å². The van der Waals surface area contributed by atoms with Crippen molar-refractivity contribution in [1.82, 2.24) is 4.98 Å². The third-order valence-electron chi connectivity index (χ3n) is 2.83. The molecule has 0 aliphatic carbocycles. The molecule has 0 atom stereocenters. The summed E-state index contributed by atoms with van der Waals surface area (Å²) < 4.78 is 24.8. The first kappa shape index (κ1) is 14.7. The molecule has 0 amide bonds. The van der Waals surface area contributed by atoms with Crippen molar-refractivity contribution in [2.24, 2.45) is 0 Å². The predicted octanol–water partition coefficient (Wildman–Crippen LogP) is 2.43. The molecule has 2 rings (SSSR count). The fourth-order valence-corrected chi connectivity index (χ4v) is 4.59. The van der Waals surface area contributed by atoms with Gasteiger partial charge in [0.1, 0.15) is 10.8 Å². The molecule has 0 fully saturated rings. The largest absolute Gasteiger partial charge is 0.478 e. The lowest BCUT2D eigenvalue weighted by atomic mass is 10.1. The summed E-state index contributed by atoms with van der Waals surface area (Å²) in [5.74, 6) is -1.35. The van der Waals surface area contributed by atoms with E-state index in [1.165, 1.54) is 36.5 Å². The number of thiazole rings is 1. The van der Waals surface area contributed by atoms with E-state index >= 15 is 0 Å². The molecule has 20 heavy (non-hydrogen) atoms. The maximum Gasteiger partial charge on any atom is 0.335 e.